The Labute approximate surface area is 166 Å². The predicted octanol–water partition coefficient (Wildman–Crippen LogP) is 2.35. The maximum atomic E-state index is 12.4. The van der Waals surface area contributed by atoms with Crippen molar-refractivity contribution in [2.75, 3.05) is 30.8 Å². The number of methoxy groups -OCH3 is 1. The molecule has 0 spiro atoms. The van der Waals surface area contributed by atoms with Gasteiger partial charge in [0.15, 0.2) is 0 Å². The molecule has 0 aliphatic rings. The summed E-state index contributed by atoms with van der Waals surface area (Å²) < 4.78 is 36.2. The Hall–Kier alpha value is -2.74. The highest BCUT2D eigenvalue weighted by Crippen LogP contribution is 2.22. The number of sulfonamides is 1. The first-order valence-corrected chi connectivity index (χ1v) is 10.6. The highest BCUT2D eigenvalue weighted by atomic mass is 32.2. The zero-order chi connectivity index (χ0) is 20.7. The average molecular weight is 407 g/mol. The number of ether oxygens (including phenoxy) is 2. The first kappa shape index (κ1) is 21.6. The topological polar surface area (TPSA) is 84.9 Å². The molecule has 7 nitrogen and oxygen atoms in total. The van der Waals surface area contributed by atoms with Crippen LogP contribution in [0.4, 0.5) is 5.69 Å². The Balaban J connectivity index is 1.98. The maximum absolute atomic E-state index is 12.4. The van der Waals surface area contributed by atoms with E-state index in [9.17, 15) is 13.2 Å². The highest BCUT2D eigenvalue weighted by Gasteiger charge is 2.22. The molecule has 1 atom stereocenters. The summed E-state index contributed by atoms with van der Waals surface area (Å²) in [6, 6.07) is 13.9. The molecule has 0 bridgehead atoms. The maximum Gasteiger partial charge on any atom is 0.241 e. The molecule has 0 unspecified atom stereocenters. The van der Waals surface area contributed by atoms with Crippen LogP contribution in [-0.2, 0) is 14.8 Å². The monoisotopic (exact) mass is 406 g/mol. The van der Waals surface area contributed by atoms with Crippen LogP contribution in [0.25, 0.3) is 0 Å². The Kier molecular flexibility index (Phi) is 7.28. The summed E-state index contributed by atoms with van der Waals surface area (Å²) in [7, 11) is -2.16. The lowest BCUT2D eigenvalue weighted by Crippen LogP contribution is -2.44. The summed E-state index contributed by atoms with van der Waals surface area (Å²) in [5, 5.41) is 2.76. The molecule has 0 fully saturated rings. The third-order valence-electron chi connectivity index (χ3n) is 3.96. The van der Waals surface area contributed by atoms with Crippen molar-refractivity contribution in [3.05, 3.63) is 54.1 Å². The predicted molar refractivity (Wildman–Crippen MR) is 109 cm³/mol. The Bertz CT molecular complexity index is 897. The van der Waals surface area contributed by atoms with Gasteiger partial charge in [-0.15, -0.1) is 0 Å². The summed E-state index contributed by atoms with van der Waals surface area (Å²) >= 11 is 0. The van der Waals surface area contributed by atoms with Gasteiger partial charge >= 0.3 is 0 Å². The quantitative estimate of drug-likeness (QED) is 0.691. The standard InChI is InChI=1S/C20H26N2O5S/c1-15-8-10-18(11-9-15)27-14-16(2)21-20(23)13-22(28(4,24)25)17-6-5-7-19(12-17)26-3/h5-12,16H,13-14H2,1-4H3,(H,21,23)/t16-/m1/s1. The molecule has 0 aromatic heterocycles. The number of rotatable bonds is 9. The number of nitrogens with one attached hydrogen (secondary N) is 1. The fraction of sp³-hybridized carbons (Fsp3) is 0.350. The lowest BCUT2D eigenvalue weighted by molar-refractivity contribution is -0.120. The van der Waals surface area contributed by atoms with E-state index in [1.165, 1.54) is 7.11 Å². The van der Waals surface area contributed by atoms with Crippen LogP contribution in [0.5, 0.6) is 11.5 Å². The van der Waals surface area contributed by atoms with Crippen molar-refractivity contribution in [3.63, 3.8) is 0 Å². The number of carbonyl (C=O) groups is 1. The van der Waals surface area contributed by atoms with E-state index < -0.39 is 15.9 Å². The van der Waals surface area contributed by atoms with E-state index in [0.29, 0.717) is 17.2 Å². The molecule has 28 heavy (non-hydrogen) atoms. The van der Waals surface area contributed by atoms with Crippen LogP contribution in [0.3, 0.4) is 0 Å². The van der Waals surface area contributed by atoms with Crippen LogP contribution in [0.1, 0.15) is 12.5 Å². The fourth-order valence-corrected chi connectivity index (χ4v) is 3.36. The van der Waals surface area contributed by atoms with E-state index in [-0.39, 0.29) is 19.2 Å². The average Bonchev–Trinajstić information content (AvgIpc) is 2.65. The van der Waals surface area contributed by atoms with Gasteiger partial charge in [0.1, 0.15) is 24.7 Å². The molecular weight excluding hydrogens is 380 g/mol. The summed E-state index contributed by atoms with van der Waals surface area (Å²) in [5.41, 5.74) is 1.49. The minimum Gasteiger partial charge on any atom is -0.497 e. The van der Waals surface area contributed by atoms with Gasteiger partial charge in [-0.3, -0.25) is 9.10 Å². The van der Waals surface area contributed by atoms with Crippen molar-refractivity contribution < 1.29 is 22.7 Å². The number of aryl methyl sites for hydroxylation is 1. The number of amides is 1. The summed E-state index contributed by atoms with van der Waals surface area (Å²) in [6.07, 6.45) is 1.06. The van der Waals surface area contributed by atoms with E-state index in [1.54, 1.807) is 31.2 Å². The summed E-state index contributed by atoms with van der Waals surface area (Å²) in [5.74, 6) is 0.792. The smallest absolute Gasteiger partial charge is 0.241 e. The normalized spacial score (nSPS) is 12.1. The van der Waals surface area contributed by atoms with Crippen molar-refractivity contribution in [2.45, 2.75) is 19.9 Å². The lowest BCUT2D eigenvalue weighted by Gasteiger charge is -2.23. The number of benzene rings is 2. The molecule has 0 saturated carbocycles. The third-order valence-corrected chi connectivity index (χ3v) is 5.10. The molecule has 152 valence electrons. The molecular formula is C20H26N2O5S. The van der Waals surface area contributed by atoms with Gasteiger partial charge in [-0.2, -0.15) is 0 Å². The minimum atomic E-state index is -3.65. The van der Waals surface area contributed by atoms with Gasteiger partial charge in [0, 0.05) is 6.07 Å². The summed E-state index contributed by atoms with van der Waals surface area (Å²) in [6.45, 7) is 3.72. The van der Waals surface area contributed by atoms with Gasteiger partial charge in [-0.1, -0.05) is 23.8 Å². The molecule has 0 radical (unpaired) electrons. The van der Waals surface area contributed by atoms with E-state index in [0.717, 1.165) is 16.1 Å². The van der Waals surface area contributed by atoms with Gasteiger partial charge in [0.2, 0.25) is 15.9 Å². The molecule has 2 rings (SSSR count). The fourth-order valence-electron chi connectivity index (χ4n) is 2.51. The number of carbonyl (C=O) groups excluding carboxylic acids is 1. The molecule has 2 aromatic rings. The number of nitrogens with zero attached hydrogens (tertiary/aromatic N) is 1. The van der Waals surface area contributed by atoms with Crippen molar-refractivity contribution in [3.8, 4) is 11.5 Å². The third kappa shape index (κ3) is 6.45. The number of hydrogen-bond donors (Lipinski definition) is 1. The van der Waals surface area contributed by atoms with Crippen molar-refractivity contribution in [1.82, 2.24) is 5.32 Å². The van der Waals surface area contributed by atoms with E-state index >= 15 is 0 Å². The molecule has 0 aliphatic heterocycles. The molecule has 1 N–H and O–H groups in total. The minimum absolute atomic E-state index is 0.271. The van der Waals surface area contributed by atoms with Crippen LogP contribution >= 0.6 is 0 Å². The zero-order valence-corrected chi connectivity index (χ0v) is 17.3. The first-order valence-electron chi connectivity index (χ1n) is 8.79. The molecule has 0 saturated heterocycles. The van der Waals surface area contributed by atoms with Gasteiger partial charge in [0.25, 0.3) is 0 Å². The van der Waals surface area contributed by atoms with Gasteiger partial charge in [-0.05, 0) is 38.1 Å². The van der Waals surface area contributed by atoms with Crippen molar-refractivity contribution in [1.29, 1.82) is 0 Å². The van der Waals surface area contributed by atoms with Crippen LogP contribution in [0, 0.1) is 6.92 Å². The SMILES string of the molecule is COc1cccc(N(CC(=O)N[C@H](C)COc2ccc(C)cc2)S(C)(=O)=O)c1. The van der Waals surface area contributed by atoms with Crippen LogP contribution in [0.2, 0.25) is 0 Å². The second kappa shape index (κ2) is 9.45. The molecule has 8 heteroatoms. The molecule has 0 heterocycles. The Morgan fingerprint density at radius 2 is 1.82 bits per heavy atom. The molecule has 2 aromatic carbocycles. The first-order chi connectivity index (χ1) is 13.2. The van der Waals surface area contributed by atoms with E-state index in [1.807, 2.05) is 31.2 Å². The van der Waals surface area contributed by atoms with Gasteiger partial charge in [-0.25, -0.2) is 8.42 Å². The number of hydrogen-bond acceptors (Lipinski definition) is 5. The Morgan fingerprint density at radius 3 is 2.43 bits per heavy atom. The number of anilines is 1. The Morgan fingerprint density at radius 1 is 1.14 bits per heavy atom. The highest BCUT2D eigenvalue weighted by molar-refractivity contribution is 7.92. The lowest BCUT2D eigenvalue weighted by atomic mass is 10.2. The van der Waals surface area contributed by atoms with Crippen molar-refractivity contribution >= 4 is 21.6 Å². The second-order valence-corrected chi connectivity index (χ2v) is 8.47. The second-order valence-electron chi connectivity index (χ2n) is 6.56. The van der Waals surface area contributed by atoms with Gasteiger partial charge in [0.05, 0.1) is 25.1 Å². The van der Waals surface area contributed by atoms with E-state index in [2.05, 4.69) is 5.32 Å². The van der Waals surface area contributed by atoms with E-state index in [4.69, 9.17) is 9.47 Å². The molecule has 1 amide bonds. The van der Waals surface area contributed by atoms with Crippen LogP contribution < -0.4 is 19.1 Å². The molecule has 0 aliphatic carbocycles. The van der Waals surface area contributed by atoms with Crippen LogP contribution in [0.15, 0.2) is 48.5 Å². The van der Waals surface area contributed by atoms with Gasteiger partial charge < -0.3 is 14.8 Å². The largest absolute Gasteiger partial charge is 0.497 e. The van der Waals surface area contributed by atoms with Crippen LogP contribution in [-0.4, -0.2) is 46.9 Å². The zero-order valence-electron chi connectivity index (χ0n) is 16.5. The van der Waals surface area contributed by atoms with Crippen molar-refractivity contribution in [2.24, 2.45) is 0 Å². The summed E-state index contributed by atoms with van der Waals surface area (Å²) in [4.78, 5) is 12.4.